The quantitative estimate of drug-likeness (QED) is 0.466. The van der Waals surface area contributed by atoms with Crippen LogP contribution in [0.3, 0.4) is 0 Å². The molecule has 88 valence electrons. The van der Waals surface area contributed by atoms with Crippen molar-refractivity contribution in [2.45, 2.75) is 13.5 Å². The van der Waals surface area contributed by atoms with Gasteiger partial charge in [-0.1, -0.05) is 6.07 Å². The molecule has 0 saturated heterocycles. The van der Waals surface area contributed by atoms with Gasteiger partial charge in [-0.25, -0.2) is 4.98 Å². The van der Waals surface area contributed by atoms with Crippen LogP contribution in [0, 0.1) is 10.1 Å². The molecule has 0 amide bonds. The average Bonchev–Trinajstić information content (AvgIpc) is 2.28. The van der Waals surface area contributed by atoms with Crippen LogP contribution >= 0.6 is 11.6 Å². The van der Waals surface area contributed by atoms with E-state index in [-0.39, 0.29) is 21.9 Å². The lowest BCUT2D eigenvalue weighted by atomic mass is 10.2. The maximum Gasteiger partial charge on any atom is 0.284 e. The minimum absolute atomic E-state index is 0.0104. The van der Waals surface area contributed by atoms with Gasteiger partial charge >= 0.3 is 0 Å². The van der Waals surface area contributed by atoms with Crippen molar-refractivity contribution in [3.05, 3.63) is 44.0 Å². The first-order valence-electron chi connectivity index (χ1n) is 4.89. The molecular formula is C10H8ClN3O3. The summed E-state index contributed by atoms with van der Waals surface area (Å²) in [7, 11) is 0. The van der Waals surface area contributed by atoms with Gasteiger partial charge < -0.3 is 0 Å². The van der Waals surface area contributed by atoms with E-state index in [1.807, 2.05) is 0 Å². The number of rotatable bonds is 2. The van der Waals surface area contributed by atoms with Crippen LogP contribution in [0.4, 0.5) is 5.69 Å². The average molecular weight is 254 g/mol. The summed E-state index contributed by atoms with van der Waals surface area (Å²) in [5.74, 6) is 0. The molecule has 0 saturated carbocycles. The Morgan fingerprint density at radius 3 is 2.82 bits per heavy atom. The van der Waals surface area contributed by atoms with E-state index in [0.717, 1.165) is 0 Å². The van der Waals surface area contributed by atoms with Gasteiger partial charge in [-0.05, 0) is 24.6 Å². The second-order valence-electron chi connectivity index (χ2n) is 3.36. The Balaban J connectivity index is 2.99. The van der Waals surface area contributed by atoms with Crippen molar-refractivity contribution in [1.82, 2.24) is 9.55 Å². The van der Waals surface area contributed by atoms with Crippen molar-refractivity contribution in [2.24, 2.45) is 0 Å². The number of halogens is 1. The van der Waals surface area contributed by atoms with Gasteiger partial charge in [0.25, 0.3) is 11.2 Å². The predicted octanol–water partition coefficient (Wildman–Crippen LogP) is 1.98. The smallest absolute Gasteiger partial charge is 0.283 e. The summed E-state index contributed by atoms with van der Waals surface area (Å²) in [4.78, 5) is 26.3. The van der Waals surface area contributed by atoms with Crippen LogP contribution in [-0.2, 0) is 6.54 Å². The van der Waals surface area contributed by atoms with E-state index in [4.69, 9.17) is 11.6 Å². The lowest BCUT2D eigenvalue weighted by Gasteiger charge is -2.06. The van der Waals surface area contributed by atoms with Crippen LogP contribution in [-0.4, -0.2) is 14.5 Å². The molecule has 0 unspecified atom stereocenters. The molecule has 0 aliphatic heterocycles. The number of hydrogen-bond acceptors (Lipinski definition) is 4. The lowest BCUT2D eigenvalue weighted by molar-refractivity contribution is -0.383. The van der Waals surface area contributed by atoms with E-state index in [0.29, 0.717) is 6.54 Å². The van der Waals surface area contributed by atoms with Crippen molar-refractivity contribution in [3.63, 3.8) is 0 Å². The van der Waals surface area contributed by atoms with Crippen LogP contribution < -0.4 is 5.56 Å². The van der Waals surface area contributed by atoms with E-state index in [2.05, 4.69) is 4.98 Å². The molecule has 1 aromatic carbocycles. The molecule has 0 bridgehead atoms. The van der Waals surface area contributed by atoms with E-state index >= 15 is 0 Å². The van der Waals surface area contributed by atoms with Gasteiger partial charge in [-0.15, -0.1) is 0 Å². The summed E-state index contributed by atoms with van der Waals surface area (Å²) in [6.45, 7) is 2.03. The molecular weight excluding hydrogens is 246 g/mol. The van der Waals surface area contributed by atoms with E-state index in [1.54, 1.807) is 6.92 Å². The first-order valence-corrected chi connectivity index (χ1v) is 5.27. The first-order chi connectivity index (χ1) is 8.06. The fourth-order valence-corrected chi connectivity index (χ4v) is 1.93. The Morgan fingerprint density at radius 1 is 1.53 bits per heavy atom. The van der Waals surface area contributed by atoms with Crippen molar-refractivity contribution in [2.75, 3.05) is 0 Å². The molecule has 2 rings (SSSR count). The van der Waals surface area contributed by atoms with Gasteiger partial charge in [0.2, 0.25) is 5.28 Å². The van der Waals surface area contributed by atoms with Gasteiger partial charge in [0.15, 0.2) is 0 Å². The molecule has 0 fully saturated rings. The Hall–Kier alpha value is -1.95. The minimum atomic E-state index is -0.598. The van der Waals surface area contributed by atoms with Crippen LogP contribution in [0.1, 0.15) is 6.92 Å². The molecule has 17 heavy (non-hydrogen) atoms. The number of nitro groups is 1. The highest BCUT2D eigenvalue weighted by molar-refractivity contribution is 6.28. The first kappa shape index (κ1) is 11.5. The monoisotopic (exact) mass is 253 g/mol. The minimum Gasteiger partial charge on any atom is -0.283 e. The van der Waals surface area contributed by atoms with Gasteiger partial charge in [0, 0.05) is 12.6 Å². The summed E-state index contributed by atoms with van der Waals surface area (Å²) in [5, 5.41) is 10.9. The summed E-state index contributed by atoms with van der Waals surface area (Å²) < 4.78 is 1.19. The van der Waals surface area contributed by atoms with Crippen molar-refractivity contribution in [1.29, 1.82) is 0 Å². The third-order valence-corrected chi connectivity index (χ3v) is 2.72. The zero-order chi connectivity index (χ0) is 12.6. The molecule has 0 N–H and O–H groups in total. The Bertz CT molecular complexity index is 666. The van der Waals surface area contributed by atoms with Crippen molar-refractivity contribution in [3.8, 4) is 0 Å². The molecule has 0 atom stereocenters. The number of non-ortho nitro benzene ring substituents is 1. The number of fused-ring (bicyclic) bond motifs is 1. The number of nitrogens with zero attached hydrogens (tertiary/aromatic N) is 3. The topological polar surface area (TPSA) is 78.0 Å². The summed E-state index contributed by atoms with van der Waals surface area (Å²) in [6.07, 6.45) is 0. The molecule has 0 aliphatic rings. The Labute approximate surface area is 101 Å². The summed E-state index contributed by atoms with van der Waals surface area (Å²) >= 11 is 5.82. The second-order valence-corrected chi connectivity index (χ2v) is 3.70. The van der Waals surface area contributed by atoms with Crippen molar-refractivity contribution >= 4 is 28.2 Å². The molecule has 2 aromatic rings. The highest BCUT2D eigenvalue weighted by Gasteiger charge is 2.18. The zero-order valence-corrected chi connectivity index (χ0v) is 9.64. The van der Waals surface area contributed by atoms with Gasteiger partial charge in [0.1, 0.15) is 5.39 Å². The van der Waals surface area contributed by atoms with E-state index in [1.165, 1.54) is 22.8 Å². The van der Waals surface area contributed by atoms with Crippen molar-refractivity contribution < 1.29 is 4.92 Å². The Morgan fingerprint density at radius 2 is 2.24 bits per heavy atom. The fourth-order valence-electron chi connectivity index (χ4n) is 1.65. The molecule has 0 aliphatic carbocycles. The van der Waals surface area contributed by atoms with Crippen LogP contribution in [0.5, 0.6) is 0 Å². The predicted molar refractivity (Wildman–Crippen MR) is 63.3 cm³/mol. The third kappa shape index (κ3) is 1.76. The normalized spacial score (nSPS) is 10.7. The summed E-state index contributed by atoms with van der Waals surface area (Å²) in [5.41, 5.74) is -0.507. The highest BCUT2D eigenvalue weighted by Crippen LogP contribution is 2.21. The zero-order valence-electron chi connectivity index (χ0n) is 8.88. The lowest BCUT2D eigenvalue weighted by Crippen LogP contribution is -2.22. The second kappa shape index (κ2) is 4.14. The SMILES string of the molecule is CCn1c(Cl)nc2cccc([N+](=O)[O-])c2c1=O. The molecule has 0 spiro atoms. The standard InChI is InChI=1S/C10H8ClN3O3/c1-2-13-9(15)8-6(12-10(13)11)4-3-5-7(8)14(16)17/h3-5H,2H2,1H3. The number of benzene rings is 1. The van der Waals surface area contributed by atoms with Crippen LogP contribution in [0.15, 0.2) is 23.0 Å². The Kier molecular flexibility index (Phi) is 2.81. The maximum atomic E-state index is 12.0. The van der Waals surface area contributed by atoms with Gasteiger partial charge in [-0.3, -0.25) is 19.5 Å². The molecule has 1 heterocycles. The molecule has 6 nitrogen and oxygen atoms in total. The van der Waals surface area contributed by atoms with Gasteiger partial charge in [-0.2, -0.15) is 0 Å². The molecule has 1 aromatic heterocycles. The third-order valence-electron chi connectivity index (χ3n) is 2.43. The van der Waals surface area contributed by atoms with Gasteiger partial charge in [0.05, 0.1) is 10.4 Å². The highest BCUT2D eigenvalue weighted by atomic mass is 35.5. The summed E-state index contributed by atoms with van der Waals surface area (Å²) in [6, 6.07) is 4.27. The van der Waals surface area contributed by atoms with E-state index < -0.39 is 10.5 Å². The number of aromatic nitrogens is 2. The van der Waals surface area contributed by atoms with Crippen LogP contribution in [0.2, 0.25) is 5.28 Å². The maximum absolute atomic E-state index is 12.0. The van der Waals surface area contributed by atoms with E-state index in [9.17, 15) is 14.9 Å². The molecule has 7 heteroatoms. The number of hydrogen-bond donors (Lipinski definition) is 0. The molecule has 0 radical (unpaired) electrons. The number of nitro benzene ring substituents is 1. The van der Waals surface area contributed by atoms with Crippen LogP contribution in [0.25, 0.3) is 10.9 Å². The fraction of sp³-hybridized carbons (Fsp3) is 0.200. The largest absolute Gasteiger partial charge is 0.284 e.